The van der Waals surface area contributed by atoms with Crippen molar-refractivity contribution in [1.29, 1.82) is 5.26 Å². The minimum absolute atomic E-state index is 0.235. The van der Waals surface area contributed by atoms with Gasteiger partial charge in [0.25, 0.3) is 0 Å². The van der Waals surface area contributed by atoms with Crippen molar-refractivity contribution in [2.45, 2.75) is 67.0 Å². The van der Waals surface area contributed by atoms with Crippen LogP contribution in [0.3, 0.4) is 0 Å². The van der Waals surface area contributed by atoms with Crippen molar-refractivity contribution in [3.8, 4) is 6.07 Å². The predicted molar refractivity (Wildman–Crippen MR) is 82.3 cm³/mol. The molecule has 0 saturated heterocycles. The SMILES string of the molecule is CCCNCc1c(C)nn(CCCC(C)(C)C#N)c1C. The van der Waals surface area contributed by atoms with Crippen LogP contribution in [-0.2, 0) is 13.1 Å². The molecule has 1 aromatic heterocycles. The zero-order valence-corrected chi connectivity index (χ0v) is 13.6. The average molecular weight is 276 g/mol. The number of hydrogen-bond donors (Lipinski definition) is 1. The second-order valence-electron chi connectivity index (χ2n) is 6.15. The Kier molecular flexibility index (Phi) is 6.22. The van der Waals surface area contributed by atoms with E-state index in [9.17, 15) is 0 Å². The molecule has 0 atom stereocenters. The van der Waals surface area contributed by atoms with Gasteiger partial charge in [0.2, 0.25) is 0 Å². The highest BCUT2D eigenvalue weighted by Gasteiger charge is 2.17. The Hall–Kier alpha value is -1.34. The molecule has 0 fully saturated rings. The van der Waals surface area contributed by atoms with Crippen molar-refractivity contribution in [2.75, 3.05) is 6.54 Å². The zero-order valence-electron chi connectivity index (χ0n) is 13.6. The standard InChI is InChI=1S/C16H28N4/c1-6-9-18-11-15-13(2)19-20(14(15)3)10-7-8-16(4,5)12-17/h18H,6-11H2,1-5H3. The van der Waals surface area contributed by atoms with Crippen molar-refractivity contribution in [2.24, 2.45) is 5.41 Å². The van der Waals surface area contributed by atoms with E-state index in [0.29, 0.717) is 0 Å². The number of rotatable bonds is 8. The number of nitrogens with zero attached hydrogens (tertiary/aromatic N) is 3. The van der Waals surface area contributed by atoms with E-state index in [0.717, 1.165) is 44.6 Å². The van der Waals surface area contributed by atoms with Gasteiger partial charge in [-0.15, -0.1) is 0 Å². The molecule has 20 heavy (non-hydrogen) atoms. The summed E-state index contributed by atoms with van der Waals surface area (Å²) in [5.41, 5.74) is 3.45. The lowest BCUT2D eigenvalue weighted by molar-refractivity contribution is 0.404. The van der Waals surface area contributed by atoms with Gasteiger partial charge in [0, 0.05) is 24.3 Å². The highest BCUT2D eigenvalue weighted by atomic mass is 15.3. The van der Waals surface area contributed by atoms with Crippen LogP contribution in [0.1, 0.15) is 57.0 Å². The Morgan fingerprint density at radius 1 is 1.35 bits per heavy atom. The molecular weight excluding hydrogens is 248 g/mol. The maximum absolute atomic E-state index is 9.03. The Labute approximate surface area is 123 Å². The molecule has 1 heterocycles. The molecule has 0 bridgehead atoms. The van der Waals surface area contributed by atoms with Crippen LogP contribution in [0.5, 0.6) is 0 Å². The van der Waals surface area contributed by atoms with E-state index in [4.69, 9.17) is 5.26 Å². The second-order valence-corrected chi connectivity index (χ2v) is 6.15. The van der Waals surface area contributed by atoms with Gasteiger partial charge in [0.1, 0.15) is 0 Å². The van der Waals surface area contributed by atoms with Gasteiger partial charge in [-0.05, 0) is 53.5 Å². The molecule has 0 aliphatic heterocycles. The third-order valence-electron chi connectivity index (χ3n) is 3.73. The summed E-state index contributed by atoms with van der Waals surface area (Å²) in [4.78, 5) is 0. The largest absolute Gasteiger partial charge is 0.313 e. The Balaban J connectivity index is 2.59. The van der Waals surface area contributed by atoms with Gasteiger partial charge < -0.3 is 5.32 Å². The predicted octanol–water partition coefficient (Wildman–Crippen LogP) is 3.33. The van der Waals surface area contributed by atoms with Gasteiger partial charge in [-0.25, -0.2) is 0 Å². The first-order valence-electron chi connectivity index (χ1n) is 7.56. The zero-order chi connectivity index (χ0) is 15.2. The van der Waals surface area contributed by atoms with Crippen LogP contribution in [0.4, 0.5) is 0 Å². The summed E-state index contributed by atoms with van der Waals surface area (Å²) in [7, 11) is 0. The second kappa shape index (κ2) is 7.44. The highest BCUT2D eigenvalue weighted by Crippen LogP contribution is 2.22. The molecule has 1 N–H and O–H groups in total. The molecule has 1 aromatic rings. The normalized spacial score (nSPS) is 11.6. The number of aryl methyl sites for hydroxylation is 2. The summed E-state index contributed by atoms with van der Waals surface area (Å²) in [5.74, 6) is 0. The Morgan fingerprint density at radius 2 is 2.05 bits per heavy atom. The third kappa shape index (κ3) is 4.64. The minimum atomic E-state index is -0.235. The number of hydrogen-bond acceptors (Lipinski definition) is 3. The van der Waals surface area contributed by atoms with E-state index < -0.39 is 0 Å². The molecule has 0 radical (unpaired) electrons. The number of nitriles is 1. The van der Waals surface area contributed by atoms with Crippen molar-refractivity contribution in [3.63, 3.8) is 0 Å². The maximum Gasteiger partial charge on any atom is 0.0683 e. The molecular formula is C16H28N4. The topological polar surface area (TPSA) is 53.6 Å². The fourth-order valence-corrected chi connectivity index (χ4v) is 2.32. The van der Waals surface area contributed by atoms with E-state index >= 15 is 0 Å². The van der Waals surface area contributed by atoms with Crippen molar-refractivity contribution < 1.29 is 0 Å². The molecule has 0 unspecified atom stereocenters. The maximum atomic E-state index is 9.03. The lowest BCUT2D eigenvalue weighted by atomic mass is 9.90. The van der Waals surface area contributed by atoms with Crippen LogP contribution >= 0.6 is 0 Å². The monoisotopic (exact) mass is 276 g/mol. The van der Waals surface area contributed by atoms with Gasteiger partial charge in [-0.3, -0.25) is 4.68 Å². The van der Waals surface area contributed by atoms with Crippen LogP contribution in [0.15, 0.2) is 0 Å². The third-order valence-corrected chi connectivity index (χ3v) is 3.73. The van der Waals surface area contributed by atoms with Crippen molar-refractivity contribution in [1.82, 2.24) is 15.1 Å². The first-order chi connectivity index (χ1) is 9.41. The Bertz CT molecular complexity index is 466. The van der Waals surface area contributed by atoms with Crippen molar-refractivity contribution >= 4 is 0 Å². The molecule has 4 heteroatoms. The van der Waals surface area contributed by atoms with Gasteiger partial charge in [0.15, 0.2) is 0 Å². The fraction of sp³-hybridized carbons (Fsp3) is 0.750. The van der Waals surface area contributed by atoms with Crippen LogP contribution in [0.25, 0.3) is 0 Å². The van der Waals surface area contributed by atoms with Gasteiger partial charge in [0.05, 0.1) is 17.2 Å². The van der Waals surface area contributed by atoms with E-state index in [-0.39, 0.29) is 5.41 Å². The summed E-state index contributed by atoms with van der Waals surface area (Å²) in [6.07, 6.45) is 3.05. The molecule has 112 valence electrons. The molecule has 0 spiro atoms. The van der Waals surface area contributed by atoms with Crippen molar-refractivity contribution in [3.05, 3.63) is 17.0 Å². The van der Waals surface area contributed by atoms with E-state index in [1.807, 2.05) is 13.8 Å². The van der Waals surface area contributed by atoms with E-state index in [2.05, 4.69) is 41.9 Å². The Morgan fingerprint density at radius 3 is 2.65 bits per heavy atom. The molecule has 0 amide bonds. The minimum Gasteiger partial charge on any atom is -0.313 e. The van der Waals surface area contributed by atoms with Crippen LogP contribution in [-0.4, -0.2) is 16.3 Å². The summed E-state index contributed by atoms with van der Waals surface area (Å²) < 4.78 is 2.09. The summed E-state index contributed by atoms with van der Waals surface area (Å²) >= 11 is 0. The molecule has 0 aliphatic carbocycles. The van der Waals surface area contributed by atoms with Crippen LogP contribution in [0.2, 0.25) is 0 Å². The lowest BCUT2D eigenvalue weighted by Gasteiger charge is -2.14. The fourth-order valence-electron chi connectivity index (χ4n) is 2.32. The molecule has 0 aromatic carbocycles. The smallest absolute Gasteiger partial charge is 0.0683 e. The van der Waals surface area contributed by atoms with Gasteiger partial charge in [-0.2, -0.15) is 10.4 Å². The first-order valence-corrected chi connectivity index (χ1v) is 7.56. The molecule has 0 saturated carbocycles. The molecule has 1 rings (SSSR count). The number of nitrogens with one attached hydrogen (secondary N) is 1. The molecule has 0 aliphatic rings. The lowest BCUT2D eigenvalue weighted by Crippen LogP contribution is -2.15. The van der Waals surface area contributed by atoms with Gasteiger partial charge in [-0.1, -0.05) is 6.92 Å². The van der Waals surface area contributed by atoms with E-state index in [1.165, 1.54) is 11.3 Å². The molecule has 4 nitrogen and oxygen atoms in total. The summed E-state index contributed by atoms with van der Waals surface area (Å²) in [6, 6.07) is 2.35. The average Bonchev–Trinajstić information content (AvgIpc) is 2.66. The quantitative estimate of drug-likeness (QED) is 0.741. The van der Waals surface area contributed by atoms with Crippen LogP contribution < -0.4 is 5.32 Å². The summed E-state index contributed by atoms with van der Waals surface area (Å²) in [5, 5.41) is 17.1. The van der Waals surface area contributed by atoms with Gasteiger partial charge >= 0.3 is 0 Å². The van der Waals surface area contributed by atoms with E-state index in [1.54, 1.807) is 0 Å². The summed E-state index contributed by atoms with van der Waals surface area (Å²) in [6.45, 7) is 13.2. The first kappa shape index (κ1) is 16.7. The highest BCUT2D eigenvalue weighted by molar-refractivity contribution is 5.24. The number of aromatic nitrogens is 2. The van der Waals surface area contributed by atoms with Crippen LogP contribution in [0, 0.1) is 30.6 Å².